The third kappa shape index (κ3) is 5.99. The third-order valence-electron chi connectivity index (χ3n) is 4.65. The molecule has 0 aliphatic carbocycles. The Bertz CT molecular complexity index is 693. The molecule has 0 atom stereocenters. The summed E-state index contributed by atoms with van der Waals surface area (Å²) in [6.45, 7) is 9.77. The molecule has 2 rings (SSSR count). The average molecular weight is 371 g/mol. The SMILES string of the molecule is CCN(Cc1ccc(C#N)cc1)C(=O)C1CCN(C(=O)OC(C)(C)C)CC1. The Morgan fingerprint density at radius 1 is 1.22 bits per heavy atom. The number of amides is 2. The van der Waals surface area contributed by atoms with E-state index in [0.29, 0.717) is 44.6 Å². The predicted molar refractivity (Wildman–Crippen MR) is 103 cm³/mol. The Balaban J connectivity index is 1.90. The molecule has 0 spiro atoms. The summed E-state index contributed by atoms with van der Waals surface area (Å²) >= 11 is 0. The van der Waals surface area contributed by atoms with Crippen LogP contribution in [0.3, 0.4) is 0 Å². The van der Waals surface area contributed by atoms with Crippen LogP contribution < -0.4 is 0 Å². The maximum atomic E-state index is 12.9. The van der Waals surface area contributed by atoms with E-state index in [1.54, 1.807) is 17.0 Å². The second kappa shape index (κ2) is 8.90. The molecule has 0 aromatic heterocycles. The second-order valence-corrected chi connectivity index (χ2v) is 7.90. The molecule has 2 amide bonds. The van der Waals surface area contributed by atoms with E-state index in [1.807, 2.05) is 44.7 Å². The lowest BCUT2D eigenvalue weighted by Gasteiger charge is -2.35. The Morgan fingerprint density at radius 3 is 2.30 bits per heavy atom. The molecule has 146 valence electrons. The maximum Gasteiger partial charge on any atom is 0.410 e. The van der Waals surface area contributed by atoms with Gasteiger partial charge in [-0.3, -0.25) is 4.79 Å². The number of ether oxygens (including phenoxy) is 1. The molecule has 0 N–H and O–H groups in total. The summed E-state index contributed by atoms with van der Waals surface area (Å²) in [5, 5.41) is 8.89. The van der Waals surface area contributed by atoms with Crippen LogP contribution in [0.1, 0.15) is 51.7 Å². The molecule has 0 saturated carbocycles. The van der Waals surface area contributed by atoms with Crippen molar-refractivity contribution in [3.8, 4) is 6.07 Å². The number of carbonyl (C=O) groups is 2. The fraction of sp³-hybridized carbons (Fsp3) is 0.571. The highest BCUT2D eigenvalue weighted by Crippen LogP contribution is 2.22. The molecule has 1 fully saturated rings. The van der Waals surface area contributed by atoms with Crippen LogP contribution in [-0.4, -0.2) is 47.0 Å². The van der Waals surface area contributed by atoms with Crippen molar-refractivity contribution in [1.29, 1.82) is 5.26 Å². The van der Waals surface area contributed by atoms with Gasteiger partial charge in [0.05, 0.1) is 11.6 Å². The van der Waals surface area contributed by atoms with Gasteiger partial charge in [0.1, 0.15) is 5.60 Å². The van der Waals surface area contributed by atoms with Gasteiger partial charge in [-0.25, -0.2) is 4.79 Å². The van der Waals surface area contributed by atoms with E-state index in [0.717, 1.165) is 5.56 Å². The average Bonchev–Trinajstić information content (AvgIpc) is 2.65. The van der Waals surface area contributed by atoms with Crippen LogP contribution in [0.4, 0.5) is 4.79 Å². The number of nitrogens with zero attached hydrogens (tertiary/aromatic N) is 3. The third-order valence-corrected chi connectivity index (χ3v) is 4.65. The molecule has 1 aromatic rings. The summed E-state index contributed by atoms with van der Waals surface area (Å²) in [5.74, 6) is 0.0627. The number of rotatable bonds is 4. The molecule has 6 heteroatoms. The summed E-state index contributed by atoms with van der Waals surface area (Å²) < 4.78 is 5.41. The largest absolute Gasteiger partial charge is 0.444 e. The summed E-state index contributed by atoms with van der Waals surface area (Å²) in [5.41, 5.74) is 1.11. The van der Waals surface area contributed by atoms with Crippen LogP contribution in [0.2, 0.25) is 0 Å². The number of nitriles is 1. The predicted octanol–water partition coefficient (Wildman–Crippen LogP) is 3.55. The molecule has 0 radical (unpaired) electrons. The number of hydrogen-bond acceptors (Lipinski definition) is 4. The normalized spacial score (nSPS) is 15.1. The zero-order valence-corrected chi connectivity index (χ0v) is 16.7. The Labute approximate surface area is 161 Å². The van der Waals surface area contributed by atoms with Gasteiger partial charge in [0, 0.05) is 32.1 Å². The zero-order valence-electron chi connectivity index (χ0n) is 16.7. The van der Waals surface area contributed by atoms with E-state index < -0.39 is 5.60 Å². The molecular formula is C21H29N3O3. The summed E-state index contributed by atoms with van der Waals surface area (Å²) in [4.78, 5) is 28.6. The minimum Gasteiger partial charge on any atom is -0.444 e. The minimum absolute atomic E-state index is 0.0676. The van der Waals surface area contributed by atoms with E-state index in [1.165, 1.54) is 0 Å². The first kappa shape index (κ1) is 20.8. The van der Waals surface area contributed by atoms with Gasteiger partial charge in [0.2, 0.25) is 5.91 Å². The van der Waals surface area contributed by atoms with Gasteiger partial charge in [-0.1, -0.05) is 12.1 Å². The van der Waals surface area contributed by atoms with Crippen LogP contribution in [-0.2, 0) is 16.1 Å². The Hall–Kier alpha value is -2.55. The van der Waals surface area contributed by atoms with E-state index >= 15 is 0 Å². The van der Waals surface area contributed by atoms with Crippen LogP contribution in [0, 0.1) is 17.2 Å². The molecule has 1 aliphatic rings. The van der Waals surface area contributed by atoms with Crippen molar-refractivity contribution >= 4 is 12.0 Å². The minimum atomic E-state index is -0.510. The fourth-order valence-corrected chi connectivity index (χ4v) is 3.14. The molecule has 27 heavy (non-hydrogen) atoms. The molecule has 1 aliphatic heterocycles. The van der Waals surface area contributed by atoms with E-state index in [-0.39, 0.29) is 17.9 Å². The summed E-state index contributed by atoms with van der Waals surface area (Å²) in [6, 6.07) is 9.42. The van der Waals surface area contributed by atoms with Gasteiger partial charge < -0.3 is 14.5 Å². The first-order valence-corrected chi connectivity index (χ1v) is 9.49. The van der Waals surface area contributed by atoms with Crippen molar-refractivity contribution in [3.63, 3.8) is 0 Å². The molecule has 0 bridgehead atoms. The lowest BCUT2D eigenvalue weighted by molar-refractivity contribution is -0.137. The standard InChI is InChI=1S/C21H29N3O3/c1-5-23(15-17-8-6-16(14-22)7-9-17)19(25)18-10-12-24(13-11-18)20(26)27-21(2,3)4/h6-9,18H,5,10-13,15H2,1-4H3. The van der Waals surface area contributed by atoms with Crippen molar-refractivity contribution in [2.24, 2.45) is 5.92 Å². The van der Waals surface area contributed by atoms with Crippen molar-refractivity contribution in [3.05, 3.63) is 35.4 Å². The first-order valence-electron chi connectivity index (χ1n) is 9.49. The van der Waals surface area contributed by atoms with E-state index in [2.05, 4.69) is 6.07 Å². The second-order valence-electron chi connectivity index (χ2n) is 7.90. The van der Waals surface area contributed by atoms with E-state index in [9.17, 15) is 9.59 Å². The molecule has 1 aromatic carbocycles. The van der Waals surface area contributed by atoms with Crippen LogP contribution in [0.5, 0.6) is 0 Å². The van der Waals surface area contributed by atoms with Gasteiger partial charge in [-0.05, 0) is 58.2 Å². The summed E-state index contributed by atoms with van der Waals surface area (Å²) in [7, 11) is 0. The van der Waals surface area contributed by atoms with Gasteiger partial charge >= 0.3 is 6.09 Å². The molecule has 1 heterocycles. The zero-order chi connectivity index (χ0) is 20.0. The monoisotopic (exact) mass is 371 g/mol. The van der Waals surface area contributed by atoms with Crippen LogP contribution >= 0.6 is 0 Å². The molecular weight excluding hydrogens is 342 g/mol. The van der Waals surface area contributed by atoms with E-state index in [4.69, 9.17) is 10.00 Å². The highest BCUT2D eigenvalue weighted by atomic mass is 16.6. The highest BCUT2D eigenvalue weighted by Gasteiger charge is 2.31. The topological polar surface area (TPSA) is 73.6 Å². The molecule has 0 unspecified atom stereocenters. The Morgan fingerprint density at radius 2 is 1.81 bits per heavy atom. The Kier molecular flexibility index (Phi) is 6.84. The number of carbonyl (C=O) groups excluding carboxylic acids is 2. The summed E-state index contributed by atoms with van der Waals surface area (Å²) in [6.07, 6.45) is 1.00. The van der Waals surface area contributed by atoms with Gasteiger partial charge in [-0.15, -0.1) is 0 Å². The van der Waals surface area contributed by atoms with Gasteiger partial charge in [0.25, 0.3) is 0 Å². The van der Waals surface area contributed by atoms with Crippen molar-refractivity contribution < 1.29 is 14.3 Å². The molecule has 6 nitrogen and oxygen atoms in total. The lowest BCUT2D eigenvalue weighted by Crippen LogP contribution is -2.45. The first-order chi connectivity index (χ1) is 12.7. The van der Waals surface area contributed by atoms with Crippen molar-refractivity contribution in [2.75, 3.05) is 19.6 Å². The van der Waals surface area contributed by atoms with Gasteiger partial charge in [0.15, 0.2) is 0 Å². The number of piperidine rings is 1. The smallest absolute Gasteiger partial charge is 0.410 e. The highest BCUT2D eigenvalue weighted by molar-refractivity contribution is 5.79. The lowest BCUT2D eigenvalue weighted by atomic mass is 9.95. The molecule has 1 saturated heterocycles. The van der Waals surface area contributed by atoms with Crippen LogP contribution in [0.15, 0.2) is 24.3 Å². The number of hydrogen-bond donors (Lipinski definition) is 0. The quantitative estimate of drug-likeness (QED) is 0.811. The van der Waals surface area contributed by atoms with Crippen molar-refractivity contribution in [2.45, 2.75) is 52.7 Å². The number of likely N-dealkylation sites (tertiary alicyclic amines) is 1. The van der Waals surface area contributed by atoms with Gasteiger partial charge in [-0.2, -0.15) is 5.26 Å². The van der Waals surface area contributed by atoms with Crippen LogP contribution in [0.25, 0.3) is 0 Å². The van der Waals surface area contributed by atoms with Crippen molar-refractivity contribution in [1.82, 2.24) is 9.80 Å². The number of benzene rings is 1. The maximum absolute atomic E-state index is 12.9. The fourth-order valence-electron chi connectivity index (χ4n) is 3.14.